The van der Waals surface area contributed by atoms with Gasteiger partial charge in [0.05, 0.1) is 0 Å². The summed E-state index contributed by atoms with van der Waals surface area (Å²) in [5, 5.41) is 3.83. The summed E-state index contributed by atoms with van der Waals surface area (Å²) in [6.07, 6.45) is 0.470. The first-order valence-electron chi connectivity index (χ1n) is 7.24. The fourth-order valence-electron chi connectivity index (χ4n) is 2.48. The van der Waals surface area contributed by atoms with Crippen LogP contribution in [0.2, 0.25) is 0 Å². The molecular weight excluding hydrogens is 279 g/mol. The maximum Gasteiger partial charge on any atom is 0.267 e. The van der Waals surface area contributed by atoms with Crippen LogP contribution in [0.3, 0.4) is 0 Å². The van der Waals surface area contributed by atoms with Crippen LogP contribution in [0.1, 0.15) is 21.6 Å². The lowest BCUT2D eigenvalue weighted by atomic mass is 10.1. The van der Waals surface area contributed by atoms with E-state index >= 15 is 0 Å². The second-order valence-corrected chi connectivity index (χ2v) is 5.37. The zero-order valence-electron chi connectivity index (χ0n) is 12.3. The molecule has 0 aliphatic rings. The molecule has 22 heavy (non-hydrogen) atoms. The number of carbonyl (C=O) groups is 1. The van der Waals surface area contributed by atoms with Crippen LogP contribution < -0.4 is 5.32 Å². The van der Waals surface area contributed by atoms with Crippen molar-refractivity contribution in [1.82, 2.24) is 10.3 Å². The Balaban J connectivity index is 1.65. The van der Waals surface area contributed by atoms with Gasteiger partial charge < -0.3 is 10.3 Å². The summed E-state index contributed by atoms with van der Waals surface area (Å²) in [7, 11) is 0. The third-order valence-electron chi connectivity index (χ3n) is 3.66. The highest BCUT2D eigenvalue weighted by Gasteiger charge is 2.09. The quantitative estimate of drug-likeness (QED) is 0.759. The molecule has 0 saturated carbocycles. The minimum atomic E-state index is -0.238. The third-order valence-corrected chi connectivity index (χ3v) is 3.66. The Bertz CT molecular complexity index is 823. The second-order valence-electron chi connectivity index (χ2n) is 5.37. The highest BCUT2D eigenvalue weighted by molar-refractivity contribution is 5.98. The predicted octanol–water partition coefficient (Wildman–Crippen LogP) is 3.59. The third kappa shape index (κ3) is 3.01. The van der Waals surface area contributed by atoms with E-state index in [1.54, 1.807) is 18.2 Å². The first kappa shape index (κ1) is 14.3. The predicted molar refractivity (Wildman–Crippen MR) is 85.5 cm³/mol. The lowest BCUT2D eigenvalue weighted by molar-refractivity contribution is 0.0950. The van der Waals surface area contributed by atoms with Gasteiger partial charge in [-0.3, -0.25) is 4.79 Å². The molecule has 0 aliphatic heterocycles. The second kappa shape index (κ2) is 6.02. The molecule has 1 aromatic heterocycles. The molecule has 3 nitrogen and oxygen atoms in total. The van der Waals surface area contributed by atoms with Gasteiger partial charge >= 0.3 is 0 Å². The van der Waals surface area contributed by atoms with Gasteiger partial charge in [0, 0.05) is 17.4 Å². The van der Waals surface area contributed by atoms with E-state index in [4.69, 9.17) is 0 Å². The van der Waals surface area contributed by atoms with Crippen LogP contribution in [0.4, 0.5) is 4.39 Å². The summed E-state index contributed by atoms with van der Waals surface area (Å²) < 4.78 is 13.5. The number of halogens is 1. The maximum atomic E-state index is 13.5. The highest BCUT2D eigenvalue weighted by Crippen LogP contribution is 2.16. The summed E-state index contributed by atoms with van der Waals surface area (Å²) in [6, 6.07) is 14.4. The van der Waals surface area contributed by atoms with E-state index in [2.05, 4.69) is 10.3 Å². The van der Waals surface area contributed by atoms with Crippen molar-refractivity contribution in [1.29, 1.82) is 0 Å². The standard InChI is InChI=1S/C18H17FN2O/c1-12-6-7-16-14(10-12)11-17(21-16)18(22)20-9-8-13-4-2-3-5-15(13)19/h2-7,10-11,21H,8-9H2,1H3,(H,20,22). The van der Waals surface area contributed by atoms with E-state index in [0.717, 1.165) is 16.5 Å². The molecule has 3 aromatic rings. The normalized spacial score (nSPS) is 10.8. The molecule has 0 fully saturated rings. The van der Waals surface area contributed by atoms with E-state index in [0.29, 0.717) is 24.2 Å². The van der Waals surface area contributed by atoms with Gasteiger partial charge in [-0.2, -0.15) is 0 Å². The number of benzene rings is 2. The van der Waals surface area contributed by atoms with Crippen molar-refractivity contribution in [3.8, 4) is 0 Å². The van der Waals surface area contributed by atoms with Crippen LogP contribution in [-0.2, 0) is 6.42 Å². The van der Waals surface area contributed by atoms with Crippen molar-refractivity contribution >= 4 is 16.8 Å². The van der Waals surface area contributed by atoms with Crippen molar-refractivity contribution in [3.63, 3.8) is 0 Å². The lowest BCUT2D eigenvalue weighted by Gasteiger charge is -2.05. The van der Waals surface area contributed by atoms with Gasteiger partial charge in [0.15, 0.2) is 0 Å². The lowest BCUT2D eigenvalue weighted by Crippen LogP contribution is -2.26. The van der Waals surface area contributed by atoms with Crippen LogP contribution in [0.5, 0.6) is 0 Å². The van der Waals surface area contributed by atoms with Crippen LogP contribution in [0, 0.1) is 12.7 Å². The molecule has 2 aromatic carbocycles. The fourth-order valence-corrected chi connectivity index (χ4v) is 2.48. The molecule has 0 bridgehead atoms. The summed E-state index contributed by atoms with van der Waals surface area (Å²) in [5.41, 5.74) is 3.21. The Kier molecular flexibility index (Phi) is 3.92. The SMILES string of the molecule is Cc1ccc2[nH]c(C(=O)NCCc3ccccc3F)cc2c1. The minimum absolute atomic E-state index is 0.176. The number of nitrogens with one attached hydrogen (secondary N) is 2. The molecule has 0 unspecified atom stereocenters. The number of amides is 1. The Morgan fingerprint density at radius 3 is 2.82 bits per heavy atom. The molecule has 0 spiro atoms. The number of rotatable bonds is 4. The Morgan fingerprint density at radius 1 is 1.18 bits per heavy atom. The summed E-state index contributed by atoms with van der Waals surface area (Å²) >= 11 is 0. The molecule has 1 amide bonds. The highest BCUT2D eigenvalue weighted by atomic mass is 19.1. The Hall–Kier alpha value is -2.62. The number of hydrogen-bond acceptors (Lipinski definition) is 1. The topological polar surface area (TPSA) is 44.9 Å². The van der Waals surface area contributed by atoms with Gasteiger partial charge in [0.2, 0.25) is 0 Å². The van der Waals surface area contributed by atoms with E-state index in [1.807, 2.05) is 31.2 Å². The van der Waals surface area contributed by atoms with Gasteiger partial charge in [-0.25, -0.2) is 4.39 Å². The molecule has 0 aliphatic carbocycles. The minimum Gasteiger partial charge on any atom is -0.351 e. The van der Waals surface area contributed by atoms with Crippen LogP contribution in [0.15, 0.2) is 48.5 Å². The molecule has 1 heterocycles. The number of H-pyrrole nitrogens is 1. The maximum absolute atomic E-state index is 13.5. The number of carbonyl (C=O) groups excluding carboxylic acids is 1. The molecule has 2 N–H and O–H groups in total. The molecule has 0 atom stereocenters. The monoisotopic (exact) mass is 296 g/mol. The average molecular weight is 296 g/mol. The first-order chi connectivity index (χ1) is 10.6. The fraction of sp³-hybridized carbons (Fsp3) is 0.167. The summed E-state index contributed by atoms with van der Waals surface area (Å²) in [4.78, 5) is 15.2. The van der Waals surface area contributed by atoms with Crippen molar-refractivity contribution in [2.24, 2.45) is 0 Å². The molecule has 0 saturated heterocycles. The smallest absolute Gasteiger partial charge is 0.267 e. The molecular formula is C18H17FN2O. The van der Waals surface area contributed by atoms with Gasteiger partial charge in [-0.05, 0) is 43.2 Å². The van der Waals surface area contributed by atoms with Crippen LogP contribution in [-0.4, -0.2) is 17.4 Å². The molecule has 4 heteroatoms. The number of aryl methyl sites for hydroxylation is 1. The zero-order chi connectivity index (χ0) is 15.5. The van der Waals surface area contributed by atoms with Crippen molar-refractivity contribution in [2.75, 3.05) is 6.54 Å². The van der Waals surface area contributed by atoms with E-state index in [9.17, 15) is 9.18 Å². The Labute approximate surface area is 128 Å². The first-order valence-corrected chi connectivity index (χ1v) is 7.24. The van der Waals surface area contributed by atoms with Crippen molar-refractivity contribution < 1.29 is 9.18 Å². The Morgan fingerprint density at radius 2 is 2.00 bits per heavy atom. The zero-order valence-corrected chi connectivity index (χ0v) is 12.3. The van der Waals surface area contributed by atoms with Gasteiger partial charge in [-0.1, -0.05) is 29.8 Å². The van der Waals surface area contributed by atoms with Crippen LogP contribution >= 0.6 is 0 Å². The van der Waals surface area contributed by atoms with E-state index in [1.165, 1.54) is 6.07 Å². The number of hydrogen-bond donors (Lipinski definition) is 2. The van der Waals surface area contributed by atoms with Crippen LogP contribution in [0.25, 0.3) is 10.9 Å². The number of aromatic amines is 1. The van der Waals surface area contributed by atoms with Crippen molar-refractivity contribution in [2.45, 2.75) is 13.3 Å². The summed E-state index contributed by atoms with van der Waals surface area (Å²) in [5.74, 6) is -0.414. The summed E-state index contributed by atoms with van der Waals surface area (Å²) in [6.45, 7) is 2.41. The van der Waals surface area contributed by atoms with Gasteiger partial charge in [-0.15, -0.1) is 0 Å². The average Bonchev–Trinajstić information content (AvgIpc) is 2.92. The number of fused-ring (bicyclic) bond motifs is 1. The van der Waals surface area contributed by atoms with Gasteiger partial charge in [0.25, 0.3) is 5.91 Å². The number of aromatic nitrogens is 1. The van der Waals surface area contributed by atoms with E-state index in [-0.39, 0.29) is 11.7 Å². The molecule has 112 valence electrons. The van der Waals surface area contributed by atoms with Crippen molar-refractivity contribution in [3.05, 3.63) is 71.2 Å². The van der Waals surface area contributed by atoms with Gasteiger partial charge in [0.1, 0.15) is 11.5 Å². The van der Waals surface area contributed by atoms with E-state index < -0.39 is 0 Å². The largest absolute Gasteiger partial charge is 0.351 e. The molecule has 3 rings (SSSR count). The molecule has 0 radical (unpaired) electrons.